The van der Waals surface area contributed by atoms with Crippen molar-refractivity contribution in [3.05, 3.63) is 125 Å². The summed E-state index contributed by atoms with van der Waals surface area (Å²) < 4.78 is 7.27. The first-order valence-electron chi connectivity index (χ1n) is 12.1. The maximum Gasteiger partial charge on any atom is 0.256 e. The van der Waals surface area contributed by atoms with Crippen LogP contribution in [0.5, 0.6) is 0 Å². The molecule has 7 nitrogen and oxygen atoms in total. The summed E-state index contributed by atoms with van der Waals surface area (Å²) in [6.45, 7) is 1.89. The lowest BCUT2D eigenvalue weighted by molar-refractivity contribution is -0.117. The maximum atomic E-state index is 13.4. The van der Waals surface area contributed by atoms with Crippen LogP contribution in [-0.4, -0.2) is 32.8 Å². The van der Waals surface area contributed by atoms with E-state index in [4.69, 9.17) is 21.0 Å². The molecule has 0 aliphatic rings. The normalized spacial score (nSPS) is 10.8. The Morgan fingerprint density at radius 2 is 1.68 bits per heavy atom. The first-order valence-corrected chi connectivity index (χ1v) is 12.4. The van der Waals surface area contributed by atoms with Crippen LogP contribution < -0.4 is 5.32 Å². The molecule has 2 amide bonds. The maximum absolute atomic E-state index is 13.4. The first-order chi connectivity index (χ1) is 18.5. The van der Waals surface area contributed by atoms with Gasteiger partial charge in [0.25, 0.3) is 5.91 Å². The average Bonchev–Trinajstić information content (AvgIpc) is 3.59. The van der Waals surface area contributed by atoms with E-state index < -0.39 is 5.91 Å². The molecule has 0 radical (unpaired) electrons. The molecule has 0 aliphatic carbocycles. The summed E-state index contributed by atoms with van der Waals surface area (Å²) in [4.78, 5) is 32.8. The van der Waals surface area contributed by atoms with Gasteiger partial charge in [0.15, 0.2) is 0 Å². The molecule has 0 atom stereocenters. The van der Waals surface area contributed by atoms with Gasteiger partial charge in [-0.15, -0.1) is 0 Å². The number of benzene rings is 3. The van der Waals surface area contributed by atoms with E-state index in [1.54, 1.807) is 36.4 Å². The van der Waals surface area contributed by atoms with E-state index in [0.29, 0.717) is 28.0 Å². The predicted molar refractivity (Wildman–Crippen MR) is 147 cm³/mol. The fourth-order valence-corrected chi connectivity index (χ4v) is 4.27. The second-order valence-electron chi connectivity index (χ2n) is 8.79. The van der Waals surface area contributed by atoms with Crippen LogP contribution >= 0.6 is 11.6 Å². The fraction of sp³-hybridized carbons (Fsp3) is 0.100. The van der Waals surface area contributed by atoms with E-state index in [9.17, 15) is 9.59 Å². The average molecular weight is 525 g/mol. The number of carbonyl (C=O) groups is 2. The number of carbonyl (C=O) groups excluding carboxylic acids is 2. The van der Waals surface area contributed by atoms with Crippen molar-refractivity contribution in [3.8, 4) is 16.9 Å². The number of amides is 2. The number of hydrogen-bond acceptors (Lipinski definition) is 4. The highest BCUT2D eigenvalue weighted by atomic mass is 35.5. The molecule has 0 aliphatic heterocycles. The number of hydrogen-bond donors (Lipinski definition) is 1. The van der Waals surface area contributed by atoms with Gasteiger partial charge >= 0.3 is 0 Å². The van der Waals surface area contributed by atoms with Crippen molar-refractivity contribution in [3.63, 3.8) is 0 Å². The third-order valence-electron chi connectivity index (χ3n) is 5.99. The zero-order valence-corrected chi connectivity index (χ0v) is 21.4. The van der Waals surface area contributed by atoms with Crippen LogP contribution in [0.4, 0.5) is 5.95 Å². The van der Waals surface area contributed by atoms with Crippen LogP contribution in [-0.2, 0) is 11.3 Å². The van der Waals surface area contributed by atoms with Crippen LogP contribution in [0.25, 0.3) is 16.9 Å². The Bertz CT molecular complexity index is 1540. The second-order valence-corrected chi connectivity index (χ2v) is 9.20. The van der Waals surface area contributed by atoms with Gasteiger partial charge in [0.1, 0.15) is 12.3 Å². The van der Waals surface area contributed by atoms with Crippen LogP contribution in [0.1, 0.15) is 21.7 Å². The number of nitrogens with zero attached hydrogens (tertiary/aromatic N) is 3. The Labute approximate surface area is 225 Å². The summed E-state index contributed by atoms with van der Waals surface area (Å²) >= 11 is 6.29. The largest absolute Gasteiger partial charge is 0.467 e. The zero-order valence-electron chi connectivity index (χ0n) is 20.7. The minimum atomic E-state index is -0.407. The molecule has 190 valence electrons. The van der Waals surface area contributed by atoms with E-state index >= 15 is 0 Å². The standard InChI is InChI=1S/C30H25ClN4O3/c1-21-13-15-23(16-14-21)35-19-27(22-8-3-2-4-9-22)32-30(35)33-28(36)20-34(18-24-10-7-17-38-24)29(37)25-11-5-6-12-26(25)31/h2-17,19H,18,20H2,1H3,(H,32,33,36). The van der Waals surface area contributed by atoms with Gasteiger partial charge in [-0.3, -0.25) is 19.5 Å². The quantitative estimate of drug-likeness (QED) is 0.255. The molecule has 1 N–H and O–H groups in total. The van der Waals surface area contributed by atoms with Crippen molar-refractivity contribution in [1.82, 2.24) is 14.5 Å². The van der Waals surface area contributed by atoms with E-state index in [1.165, 1.54) is 11.2 Å². The summed E-state index contributed by atoms with van der Waals surface area (Å²) in [7, 11) is 0. The minimum Gasteiger partial charge on any atom is -0.467 e. The van der Waals surface area contributed by atoms with Gasteiger partial charge < -0.3 is 9.32 Å². The van der Waals surface area contributed by atoms with Gasteiger partial charge in [-0.2, -0.15) is 0 Å². The molecule has 5 aromatic rings. The number of anilines is 1. The van der Waals surface area contributed by atoms with Crippen molar-refractivity contribution in [2.24, 2.45) is 0 Å². The van der Waals surface area contributed by atoms with Gasteiger partial charge in [0, 0.05) is 17.4 Å². The van der Waals surface area contributed by atoms with Gasteiger partial charge in [0.2, 0.25) is 11.9 Å². The Hall–Kier alpha value is -4.62. The van der Waals surface area contributed by atoms with Crippen molar-refractivity contribution < 1.29 is 14.0 Å². The Morgan fingerprint density at radius 1 is 0.947 bits per heavy atom. The minimum absolute atomic E-state index is 0.103. The smallest absolute Gasteiger partial charge is 0.256 e. The number of rotatable bonds is 8. The Balaban J connectivity index is 1.44. The molecule has 8 heteroatoms. The van der Waals surface area contributed by atoms with E-state index in [2.05, 4.69) is 5.32 Å². The molecule has 2 heterocycles. The summed E-state index contributed by atoms with van der Waals surface area (Å²) in [5.41, 5.74) is 3.90. The molecule has 0 unspecified atom stereocenters. The van der Waals surface area contributed by atoms with Crippen molar-refractivity contribution in [2.45, 2.75) is 13.5 Å². The van der Waals surface area contributed by atoms with Gasteiger partial charge in [-0.05, 0) is 43.3 Å². The molecule has 3 aromatic carbocycles. The number of aryl methyl sites for hydroxylation is 1. The molecular weight excluding hydrogens is 500 g/mol. The Morgan fingerprint density at radius 3 is 2.39 bits per heavy atom. The van der Waals surface area contributed by atoms with E-state index in [0.717, 1.165) is 16.8 Å². The van der Waals surface area contributed by atoms with Crippen LogP contribution in [0, 0.1) is 6.92 Å². The summed E-state index contributed by atoms with van der Waals surface area (Å²) in [6.07, 6.45) is 3.40. The third-order valence-corrected chi connectivity index (χ3v) is 6.32. The molecule has 0 spiro atoms. The van der Waals surface area contributed by atoms with Crippen LogP contribution in [0.2, 0.25) is 5.02 Å². The molecule has 2 aromatic heterocycles. The van der Waals surface area contributed by atoms with Crippen LogP contribution in [0.15, 0.2) is 108 Å². The van der Waals surface area contributed by atoms with Crippen molar-refractivity contribution in [1.29, 1.82) is 0 Å². The molecule has 38 heavy (non-hydrogen) atoms. The van der Waals surface area contributed by atoms with Crippen molar-refractivity contribution in [2.75, 3.05) is 11.9 Å². The van der Waals surface area contributed by atoms with E-state index in [1.807, 2.05) is 72.3 Å². The van der Waals surface area contributed by atoms with Gasteiger partial charge in [0.05, 0.1) is 29.1 Å². The zero-order chi connectivity index (χ0) is 26.5. The third kappa shape index (κ3) is 5.68. The highest BCUT2D eigenvalue weighted by molar-refractivity contribution is 6.33. The van der Waals surface area contributed by atoms with Crippen molar-refractivity contribution >= 4 is 29.4 Å². The van der Waals surface area contributed by atoms with E-state index in [-0.39, 0.29) is 19.0 Å². The SMILES string of the molecule is Cc1ccc(-n2cc(-c3ccccc3)nc2NC(=O)CN(Cc2ccco2)C(=O)c2ccccc2Cl)cc1. The number of nitrogens with one attached hydrogen (secondary N) is 1. The van der Waals surface area contributed by atoms with Crippen LogP contribution in [0.3, 0.4) is 0 Å². The predicted octanol–water partition coefficient (Wildman–Crippen LogP) is 6.38. The number of furan rings is 1. The second kappa shape index (κ2) is 11.2. The lowest BCUT2D eigenvalue weighted by Gasteiger charge is -2.22. The highest BCUT2D eigenvalue weighted by Crippen LogP contribution is 2.25. The molecular formula is C30H25ClN4O3. The fourth-order valence-electron chi connectivity index (χ4n) is 4.05. The number of halogens is 1. The first kappa shape index (κ1) is 25.0. The highest BCUT2D eigenvalue weighted by Gasteiger charge is 2.23. The molecule has 0 saturated carbocycles. The molecule has 0 bridgehead atoms. The lowest BCUT2D eigenvalue weighted by atomic mass is 10.2. The topological polar surface area (TPSA) is 80.4 Å². The van der Waals surface area contributed by atoms with Gasteiger partial charge in [-0.25, -0.2) is 4.98 Å². The lowest BCUT2D eigenvalue weighted by Crippen LogP contribution is -2.38. The monoisotopic (exact) mass is 524 g/mol. The summed E-state index contributed by atoms with van der Waals surface area (Å²) in [5.74, 6) is 0.108. The number of aromatic nitrogens is 2. The number of imidazole rings is 1. The molecule has 5 rings (SSSR count). The summed E-state index contributed by atoms with van der Waals surface area (Å²) in [6, 6.07) is 27.9. The molecule has 0 saturated heterocycles. The molecule has 0 fully saturated rings. The Kier molecular flexibility index (Phi) is 7.38. The summed E-state index contributed by atoms with van der Waals surface area (Å²) in [5, 5.41) is 3.21. The van der Waals surface area contributed by atoms with Gasteiger partial charge in [-0.1, -0.05) is 71.8 Å².